The van der Waals surface area contributed by atoms with Gasteiger partial charge in [0.15, 0.2) is 0 Å². The number of hydrogen-bond acceptors (Lipinski definition) is 4. The molecule has 0 radical (unpaired) electrons. The highest BCUT2D eigenvalue weighted by atomic mass is 16.5. The first-order valence-electron chi connectivity index (χ1n) is 5.96. The van der Waals surface area contributed by atoms with Crippen molar-refractivity contribution in [3.05, 3.63) is 17.7 Å². The first-order chi connectivity index (χ1) is 7.83. The van der Waals surface area contributed by atoms with E-state index in [-0.39, 0.29) is 0 Å². The standard InChI is InChI=1S/C12H17N3O/c13-10-5-6-15(8-10)11-4-3-9-2-1-7-16-12(9)14-11/h3-4,10H,1-2,5-8,13H2. The van der Waals surface area contributed by atoms with E-state index < -0.39 is 0 Å². The van der Waals surface area contributed by atoms with Crippen LogP contribution >= 0.6 is 0 Å². The molecule has 2 aliphatic rings. The molecule has 16 heavy (non-hydrogen) atoms. The highest BCUT2D eigenvalue weighted by Gasteiger charge is 2.21. The smallest absolute Gasteiger partial charge is 0.218 e. The van der Waals surface area contributed by atoms with Crippen LogP contribution in [-0.2, 0) is 6.42 Å². The Balaban J connectivity index is 1.85. The maximum Gasteiger partial charge on any atom is 0.218 e. The van der Waals surface area contributed by atoms with E-state index in [1.807, 2.05) is 0 Å². The zero-order valence-electron chi connectivity index (χ0n) is 9.35. The molecule has 3 heterocycles. The number of anilines is 1. The minimum Gasteiger partial charge on any atom is -0.477 e. The van der Waals surface area contributed by atoms with Crippen LogP contribution in [-0.4, -0.2) is 30.7 Å². The van der Waals surface area contributed by atoms with Gasteiger partial charge in [-0.05, 0) is 31.4 Å². The number of ether oxygens (including phenoxy) is 1. The molecule has 0 saturated carbocycles. The maximum atomic E-state index is 5.90. The Morgan fingerprint density at radius 1 is 1.44 bits per heavy atom. The molecule has 1 saturated heterocycles. The Labute approximate surface area is 95.4 Å². The van der Waals surface area contributed by atoms with Crippen LogP contribution in [0.15, 0.2) is 12.1 Å². The minimum absolute atomic E-state index is 0.291. The van der Waals surface area contributed by atoms with Gasteiger partial charge in [0.25, 0.3) is 0 Å². The molecule has 0 bridgehead atoms. The van der Waals surface area contributed by atoms with Crippen molar-refractivity contribution in [2.45, 2.75) is 25.3 Å². The van der Waals surface area contributed by atoms with Crippen molar-refractivity contribution >= 4 is 5.82 Å². The van der Waals surface area contributed by atoms with Gasteiger partial charge in [0.1, 0.15) is 5.82 Å². The number of rotatable bonds is 1. The fourth-order valence-electron chi connectivity index (χ4n) is 2.38. The lowest BCUT2D eigenvalue weighted by Crippen LogP contribution is -2.27. The Bertz CT molecular complexity index is 394. The van der Waals surface area contributed by atoms with Crippen molar-refractivity contribution in [3.63, 3.8) is 0 Å². The van der Waals surface area contributed by atoms with E-state index >= 15 is 0 Å². The highest BCUT2D eigenvalue weighted by molar-refractivity contribution is 5.45. The third-order valence-corrected chi connectivity index (χ3v) is 3.30. The van der Waals surface area contributed by atoms with E-state index in [1.54, 1.807) is 0 Å². The van der Waals surface area contributed by atoms with Crippen LogP contribution in [0.1, 0.15) is 18.4 Å². The Hall–Kier alpha value is -1.29. The van der Waals surface area contributed by atoms with Gasteiger partial charge in [-0.15, -0.1) is 0 Å². The molecule has 1 atom stereocenters. The van der Waals surface area contributed by atoms with Gasteiger partial charge in [0, 0.05) is 24.7 Å². The number of aryl methyl sites for hydroxylation is 1. The topological polar surface area (TPSA) is 51.4 Å². The number of hydrogen-bond donors (Lipinski definition) is 1. The summed E-state index contributed by atoms with van der Waals surface area (Å²) in [5, 5.41) is 0. The number of pyridine rings is 1. The molecule has 0 amide bonds. The number of nitrogens with two attached hydrogens (primary N) is 1. The molecule has 4 nitrogen and oxygen atoms in total. The largest absolute Gasteiger partial charge is 0.477 e. The van der Waals surface area contributed by atoms with E-state index in [1.165, 1.54) is 5.56 Å². The second-order valence-corrected chi connectivity index (χ2v) is 4.58. The van der Waals surface area contributed by atoms with Gasteiger partial charge in [-0.2, -0.15) is 4.98 Å². The maximum absolute atomic E-state index is 5.90. The van der Waals surface area contributed by atoms with Gasteiger partial charge >= 0.3 is 0 Å². The molecule has 3 rings (SSSR count). The normalized spacial score (nSPS) is 24.1. The van der Waals surface area contributed by atoms with Crippen molar-refractivity contribution in [2.24, 2.45) is 5.73 Å². The Kier molecular flexibility index (Phi) is 2.44. The van der Waals surface area contributed by atoms with E-state index in [0.29, 0.717) is 6.04 Å². The summed E-state index contributed by atoms with van der Waals surface area (Å²) in [4.78, 5) is 6.82. The zero-order valence-corrected chi connectivity index (χ0v) is 9.35. The van der Waals surface area contributed by atoms with E-state index in [2.05, 4.69) is 22.0 Å². The summed E-state index contributed by atoms with van der Waals surface area (Å²) < 4.78 is 5.58. The summed E-state index contributed by atoms with van der Waals surface area (Å²) in [5.74, 6) is 1.83. The molecule has 1 fully saturated rings. The molecular weight excluding hydrogens is 202 g/mol. The van der Waals surface area contributed by atoms with Crippen molar-refractivity contribution in [1.82, 2.24) is 4.98 Å². The highest BCUT2D eigenvalue weighted by Crippen LogP contribution is 2.26. The van der Waals surface area contributed by atoms with Gasteiger partial charge in [-0.25, -0.2) is 0 Å². The van der Waals surface area contributed by atoms with Crippen LogP contribution in [0.5, 0.6) is 5.88 Å². The number of nitrogens with zero attached hydrogens (tertiary/aromatic N) is 2. The second-order valence-electron chi connectivity index (χ2n) is 4.58. The van der Waals surface area contributed by atoms with E-state index in [9.17, 15) is 0 Å². The summed E-state index contributed by atoms with van der Waals surface area (Å²) in [7, 11) is 0. The third-order valence-electron chi connectivity index (χ3n) is 3.30. The molecule has 0 spiro atoms. The van der Waals surface area contributed by atoms with Crippen molar-refractivity contribution in [3.8, 4) is 5.88 Å². The number of aromatic nitrogens is 1. The SMILES string of the molecule is NC1CCN(c2ccc3c(n2)OCCC3)C1. The summed E-state index contributed by atoms with van der Waals surface area (Å²) in [6.07, 6.45) is 3.24. The van der Waals surface area contributed by atoms with Crippen molar-refractivity contribution in [2.75, 3.05) is 24.6 Å². The van der Waals surface area contributed by atoms with Crippen LogP contribution in [0.4, 0.5) is 5.82 Å². The summed E-state index contributed by atoms with van der Waals surface area (Å²) in [6, 6.07) is 4.52. The first-order valence-corrected chi connectivity index (χ1v) is 5.96. The predicted octanol–water partition coefficient (Wildman–Crippen LogP) is 0.944. The van der Waals surface area contributed by atoms with Gasteiger partial charge in [-0.3, -0.25) is 0 Å². The molecule has 86 valence electrons. The summed E-state index contributed by atoms with van der Waals surface area (Å²) in [5.41, 5.74) is 7.13. The van der Waals surface area contributed by atoms with Gasteiger partial charge in [0.05, 0.1) is 6.61 Å². The van der Waals surface area contributed by atoms with Crippen LogP contribution in [0.25, 0.3) is 0 Å². The molecular formula is C12H17N3O. The minimum atomic E-state index is 0.291. The molecule has 1 aromatic rings. The van der Waals surface area contributed by atoms with E-state index in [0.717, 1.165) is 50.7 Å². The van der Waals surface area contributed by atoms with Crippen LogP contribution in [0.2, 0.25) is 0 Å². The van der Waals surface area contributed by atoms with Crippen LogP contribution < -0.4 is 15.4 Å². The quantitative estimate of drug-likeness (QED) is 0.764. The second kappa shape index (κ2) is 3.94. The lowest BCUT2D eigenvalue weighted by molar-refractivity contribution is 0.276. The molecule has 2 aliphatic heterocycles. The Morgan fingerprint density at radius 2 is 2.38 bits per heavy atom. The molecule has 1 unspecified atom stereocenters. The zero-order chi connectivity index (χ0) is 11.0. The van der Waals surface area contributed by atoms with E-state index in [4.69, 9.17) is 10.5 Å². The monoisotopic (exact) mass is 219 g/mol. The summed E-state index contributed by atoms with van der Waals surface area (Å²) in [6.45, 7) is 2.71. The lowest BCUT2D eigenvalue weighted by atomic mass is 10.1. The van der Waals surface area contributed by atoms with Gasteiger partial charge in [0.2, 0.25) is 5.88 Å². The molecule has 0 aromatic carbocycles. The van der Waals surface area contributed by atoms with Gasteiger partial charge < -0.3 is 15.4 Å². The summed E-state index contributed by atoms with van der Waals surface area (Å²) >= 11 is 0. The molecule has 0 aliphatic carbocycles. The Morgan fingerprint density at radius 3 is 3.19 bits per heavy atom. The fraction of sp³-hybridized carbons (Fsp3) is 0.583. The number of fused-ring (bicyclic) bond motifs is 1. The van der Waals surface area contributed by atoms with Gasteiger partial charge in [-0.1, -0.05) is 0 Å². The average Bonchev–Trinajstić information content (AvgIpc) is 2.75. The predicted molar refractivity (Wildman–Crippen MR) is 62.9 cm³/mol. The molecule has 4 heteroatoms. The third kappa shape index (κ3) is 1.73. The molecule has 2 N–H and O–H groups in total. The van der Waals surface area contributed by atoms with Crippen LogP contribution in [0, 0.1) is 0 Å². The first kappa shape index (κ1) is 9.90. The lowest BCUT2D eigenvalue weighted by Gasteiger charge is -2.21. The van der Waals surface area contributed by atoms with Crippen molar-refractivity contribution in [1.29, 1.82) is 0 Å². The average molecular weight is 219 g/mol. The molecule has 1 aromatic heterocycles. The van der Waals surface area contributed by atoms with Crippen molar-refractivity contribution < 1.29 is 4.74 Å². The van der Waals surface area contributed by atoms with Crippen LogP contribution in [0.3, 0.4) is 0 Å². The fourth-order valence-corrected chi connectivity index (χ4v) is 2.38.